The van der Waals surface area contributed by atoms with Gasteiger partial charge in [-0.15, -0.1) is 0 Å². The number of pyridine rings is 2. The fourth-order valence-corrected chi connectivity index (χ4v) is 3.30. The molecule has 0 aromatic carbocycles. The highest BCUT2D eigenvalue weighted by Crippen LogP contribution is 2.34. The van der Waals surface area contributed by atoms with Crippen LogP contribution < -0.4 is 4.72 Å². The van der Waals surface area contributed by atoms with Crippen molar-refractivity contribution in [1.82, 2.24) is 19.7 Å². The molecule has 118 valence electrons. The third kappa shape index (κ3) is 3.31. The highest BCUT2D eigenvalue weighted by Gasteiger charge is 2.17. The van der Waals surface area contributed by atoms with E-state index >= 15 is 0 Å². The van der Waals surface area contributed by atoms with Crippen molar-refractivity contribution >= 4 is 34.8 Å². The molecule has 1 atom stereocenters. The molecule has 3 aromatic heterocycles. The van der Waals surface area contributed by atoms with Crippen LogP contribution in [0.2, 0.25) is 0 Å². The van der Waals surface area contributed by atoms with Crippen molar-refractivity contribution in [2.75, 3.05) is 6.54 Å². The molecule has 23 heavy (non-hydrogen) atoms. The van der Waals surface area contributed by atoms with E-state index in [1.54, 1.807) is 6.20 Å². The first kappa shape index (κ1) is 15.8. The van der Waals surface area contributed by atoms with E-state index in [2.05, 4.69) is 44.6 Å². The van der Waals surface area contributed by atoms with Gasteiger partial charge in [-0.1, -0.05) is 12.8 Å². The molecule has 0 bridgehead atoms. The summed E-state index contributed by atoms with van der Waals surface area (Å²) in [5.41, 5.74) is 3.06. The number of hydrogen-bond acceptors (Lipinski definition) is 5. The van der Waals surface area contributed by atoms with E-state index in [0.29, 0.717) is 12.3 Å². The van der Waals surface area contributed by atoms with E-state index in [1.165, 1.54) is 10.9 Å². The molecule has 3 rings (SSSR count). The van der Waals surface area contributed by atoms with Crippen LogP contribution in [0.5, 0.6) is 0 Å². The maximum absolute atomic E-state index is 8.98. The van der Waals surface area contributed by atoms with Crippen molar-refractivity contribution in [2.45, 2.75) is 31.6 Å². The summed E-state index contributed by atoms with van der Waals surface area (Å²) in [7, 11) is 0. The first-order chi connectivity index (χ1) is 11.3. The van der Waals surface area contributed by atoms with Gasteiger partial charge in [-0.3, -0.25) is 4.72 Å². The average Bonchev–Trinajstić information content (AvgIpc) is 3.06. The van der Waals surface area contributed by atoms with Crippen LogP contribution in [0.1, 0.15) is 37.2 Å². The van der Waals surface area contributed by atoms with E-state index in [9.17, 15) is 0 Å². The normalized spacial score (nSPS) is 12.5. The smallest absolute Gasteiger partial charge is 0.159 e. The van der Waals surface area contributed by atoms with Crippen LogP contribution in [0, 0.1) is 11.3 Å². The van der Waals surface area contributed by atoms with Crippen LogP contribution in [-0.4, -0.2) is 21.5 Å². The lowest BCUT2D eigenvalue weighted by Crippen LogP contribution is -2.06. The van der Waals surface area contributed by atoms with Gasteiger partial charge in [-0.05, 0) is 42.9 Å². The molecular weight excluding hydrogens is 306 g/mol. The number of fused-ring (bicyclic) bond motifs is 3. The van der Waals surface area contributed by atoms with Crippen LogP contribution in [-0.2, 0) is 0 Å². The molecular formula is C17H19N5S. The van der Waals surface area contributed by atoms with Crippen molar-refractivity contribution in [3.05, 3.63) is 36.3 Å². The number of aromatic amines is 1. The second-order valence-electron chi connectivity index (χ2n) is 5.61. The lowest BCUT2D eigenvalue weighted by molar-refractivity contribution is 0.562. The zero-order valence-electron chi connectivity index (χ0n) is 12.8. The van der Waals surface area contributed by atoms with Crippen molar-refractivity contribution < 1.29 is 0 Å². The third-order valence-electron chi connectivity index (χ3n) is 4.21. The molecule has 0 aliphatic carbocycles. The number of thiol groups is 1. The van der Waals surface area contributed by atoms with Gasteiger partial charge < -0.3 is 4.98 Å². The first-order valence-electron chi connectivity index (χ1n) is 7.79. The Morgan fingerprint density at radius 3 is 3.04 bits per heavy atom. The zero-order valence-corrected chi connectivity index (χ0v) is 13.7. The Morgan fingerprint density at radius 1 is 1.30 bits per heavy atom. The number of H-pyrrole nitrogens is 1. The molecule has 0 amide bonds. The summed E-state index contributed by atoms with van der Waals surface area (Å²) >= 11 is 4.06. The number of hydrogen-bond donors (Lipinski definition) is 3. The SMILES string of the molecule is N#CCCC(CCCNS)c1cc[nH]c2cnc3nccc3c12. The third-order valence-corrected chi connectivity index (χ3v) is 4.43. The molecule has 6 heteroatoms. The molecule has 0 aliphatic heterocycles. The molecule has 0 aliphatic rings. The van der Waals surface area contributed by atoms with Gasteiger partial charge in [0, 0.05) is 36.1 Å². The van der Waals surface area contributed by atoms with Gasteiger partial charge in [0.15, 0.2) is 5.65 Å². The highest BCUT2D eigenvalue weighted by atomic mass is 32.1. The van der Waals surface area contributed by atoms with Gasteiger partial charge in [-0.25, -0.2) is 9.97 Å². The minimum absolute atomic E-state index is 0.342. The molecule has 0 spiro atoms. The molecule has 3 aromatic rings. The summed E-state index contributed by atoms with van der Waals surface area (Å²) in [6.45, 7) is 0.859. The second kappa shape index (κ2) is 7.44. The number of nitrogens with one attached hydrogen (secondary N) is 2. The summed E-state index contributed by atoms with van der Waals surface area (Å²) < 4.78 is 2.90. The fourth-order valence-electron chi connectivity index (χ4n) is 3.15. The highest BCUT2D eigenvalue weighted by molar-refractivity contribution is 7.78. The van der Waals surface area contributed by atoms with Crippen molar-refractivity contribution in [2.24, 2.45) is 0 Å². The molecule has 0 radical (unpaired) electrons. The van der Waals surface area contributed by atoms with Crippen LogP contribution in [0.4, 0.5) is 0 Å². The molecule has 1 unspecified atom stereocenters. The minimum atomic E-state index is 0.342. The summed E-state index contributed by atoms with van der Waals surface area (Å²) in [6.07, 6.45) is 9.05. The van der Waals surface area contributed by atoms with Gasteiger partial charge in [-0.2, -0.15) is 5.26 Å². The van der Waals surface area contributed by atoms with Crippen LogP contribution >= 0.6 is 12.8 Å². The fraction of sp³-hybridized carbons (Fsp3) is 0.353. The lowest BCUT2D eigenvalue weighted by atomic mass is 9.87. The summed E-state index contributed by atoms with van der Waals surface area (Å²) in [4.78, 5) is 12.0. The Balaban J connectivity index is 2.07. The summed E-state index contributed by atoms with van der Waals surface area (Å²) in [6, 6.07) is 6.42. The van der Waals surface area contributed by atoms with E-state index in [1.807, 2.05) is 18.5 Å². The Morgan fingerprint density at radius 2 is 2.22 bits per heavy atom. The zero-order chi connectivity index (χ0) is 16.1. The standard InChI is InChI=1S/C17H19N5S/c18-7-1-3-12(4-2-8-22-23)13-5-9-19-15-11-21-17-14(16(13)15)6-10-20-17/h5-6,9-12,19,22-23H,1-4,8H2. The van der Waals surface area contributed by atoms with E-state index in [-0.39, 0.29) is 0 Å². The van der Waals surface area contributed by atoms with Gasteiger partial charge >= 0.3 is 0 Å². The first-order valence-corrected chi connectivity index (χ1v) is 8.24. The number of nitriles is 1. The topological polar surface area (TPSA) is 77.4 Å². The van der Waals surface area contributed by atoms with E-state index in [4.69, 9.17) is 5.26 Å². The van der Waals surface area contributed by atoms with Crippen molar-refractivity contribution in [1.29, 1.82) is 5.26 Å². The maximum atomic E-state index is 8.98. The van der Waals surface area contributed by atoms with Crippen molar-refractivity contribution in [3.63, 3.8) is 0 Å². The molecule has 3 heterocycles. The van der Waals surface area contributed by atoms with Crippen LogP contribution in [0.15, 0.2) is 30.7 Å². The number of rotatable bonds is 7. The summed E-state index contributed by atoms with van der Waals surface area (Å²) in [5.74, 6) is 0.342. The van der Waals surface area contributed by atoms with E-state index < -0.39 is 0 Å². The van der Waals surface area contributed by atoms with Gasteiger partial charge in [0.25, 0.3) is 0 Å². The molecule has 0 saturated heterocycles. The van der Waals surface area contributed by atoms with Gasteiger partial charge in [0.2, 0.25) is 0 Å². The minimum Gasteiger partial charge on any atom is -0.360 e. The lowest BCUT2D eigenvalue weighted by Gasteiger charge is -2.18. The summed E-state index contributed by atoms with van der Waals surface area (Å²) in [5, 5.41) is 11.2. The van der Waals surface area contributed by atoms with Crippen molar-refractivity contribution in [3.8, 4) is 6.07 Å². The Hall–Kier alpha value is -2.10. The van der Waals surface area contributed by atoms with E-state index in [0.717, 1.165) is 42.4 Å². The van der Waals surface area contributed by atoms with Crippen LogP contribution in [0.25, 0.3) is 21.9 Å². The Bertz CT molecular complexity index is 836. The quantitative estimate of drug-likeness (QED) is 0.457. The number of nitrogens with zero attached hydrogens (tertiary/aromatic N) is 3. The molecule has 0 saturated carbocycles. The Kier molecular flexibility index (Phi) is 5.11. The second-order valence-corrected chi connectivity index (χ2v) is 5.92. The average molecular weight is 325 g/mol. The molecule has 5 nitrogen and oxygen atoms in total. The maximum Gasteiger partial charge on any atom is 0.159 e. The predicted octanol–water partition coefficient (Wildman–Crippen LogP) is 3.71. The molecule has 2 N–H and O–H groups in total. The number of aromatic nitrogens is 3. The monoisotopic (exact) mass is 325 g/mol. The molecule has 0 fully saturated rings. The predicted molar refractivity (Wildman–Crippen MR) is 95.2 cm³/mol. The van der Waals surface area contributed by atoms with Gasteiger partial charge in [0.05, 0.1) is 17.8 Å². The Labute approximate surface area is 140 Å². The largest absolute Gasteiger partial charge is 0.360 e. The van der Waals surface area contributed by atoms with Gasteiger partial charge in [0.1, 0.15) is 0 Å². The van der Waals surface area contributed by atoms with Crippen LogP contribution in [0.3, 0.4) is 0 Å².